The number of rotatable bonds is 5. The number of esters is 1. The van der Waals surface area contributed by atoms with Crippen molar-refractivity contribution in [1.29, 1.82) is 0 Å². The Balaban J connectivity index is 1.89. The van der Waals surface area contributed by atoms with Gasteiger partial charge in [-0.1, -0.05) is 30.3 Å². The summed E-state index contributed by atoms with van der Waals surface area (Å²) in [5.41, 5.74) is -1.28. The second-order valence-electron chi connectivity index (χ2n) is 7.73. The van der Waals surface area contributed by atoms with Crippen LogP contribution in [0, 0.1) is 0 Å². The molecular formula is C19H24N4O6. The van der Waals surface area contributed by atoms with Gasteiger partial charge in [-0.15, -0.1) is 0 Å². The largest absolute Gasteiger partial charge is 0.454 e. The van der Waals surface area contributed by atoms with Gasteiger partial charge in [-0.25, -0.2) is 9.59 Å². The number of carbonyl (C=O) groups excluding carboxylic acids is 5. The van der Waals surface area contributed by atoms with Gasteiger partial charge in [0, 0.05) is 5.54 Å². The van der Waals surface area contributed by atoms with Crippen LogP contribution in [0.3, 0.4) is 0 Å². The van der Waals surface area contributed by atoms with Crippen LogP contribution in [0.5, 0.6) is 0 Å². The van der Waals surface area contributed by atoms with Gasteiger partial charge >= 0.3 is 18.0 Å². The summed E-state index contributed by atoms with van der Waals surface area (Å²) in [5.74, 6) is -2.41. The highest BCUT2D eigenvalue weighted by Crippen LogP contribution is 2.28. The van der Waals surface area contributed by atoms with Crippen molar-refractivity contribution in [2.24, 2.45) is 0 Å². The van der Waals surface area contributed by atoms with Gasteiger partial charge in [0.05, 0.1) is 0 Å². The van der Waals surface area contributed by atoms with Crippen LogP contribution >= 0.6 is 0 Å². The molecule has 6 amide bonds. The fraction of sp³-hybridized carbons (Fsp3) is 0.421. The van der Waals surface area contributed by atoms with Crippen LogP contribution < -0.4 is 16.0 Å². The highest BCUT2D eigenvalue weighted by Gasteiger charge is 2.49. The third-order valence-electron chi connectivity index (χ3n) is 4.02. The summed E-state index contributed by atoms with van der Waals surface area (Å²) < 4.78 is 4.76. The van der Waals surface area contributed by atoms with E-state index in [0.717, 1.165) is 4.90 Å². The van der Waals surface area contributed by atoms with E-state index in [-0.39, 0.29) is 0 Å². The molecule has 10 nitrogen and oxygen atoms in total. The van der Waals surface area contributed by atoms with E-state index in [4.69, 9.17) is 4.74 Å². The molecule has 10 heteroatoms. The molecule has 1 fully saturated rings. The second kappa shape index (κ2) is 8.29. The molecule has 1 heterocycles. The zero-order valence-corrected chi connectivity index (χ0v) is 16.7. The molecule has 0 aliphatic carbocycles. The van der Waals surface area contributed by atoms with Crippen molar-refractivity contribution in [3.63, 3.8) is 0 Å². The molecule has 1 aliphatic rings. The number of nitrogens with one attached hydrogen (secondary N) is 3. The molecule has 0 spiro atoms. The van der Waals surface area contributed by atoms with Crippen LogP contribution in [0.15, 0.2) is 30.3 Å². The van der Waals surface area contributed by atoms with Crippen LogP contribution in [-0.2, 0) is 24.7 Å². The Morgan fingerprint density at radius 2 is 1.76 bits per heavy atom. The molecule has 1 saturated heterocycles. The zero-order chi connectivity index (χ0) is 21.8. The van der Waals surface area contributed by atoms with E-state index < -0.39 is 54.1 Å². The van der Waals surface area contributed by atoms with Gasteiger partial charge in [0.25, 0.3) is 11.8 Å². The number of benzene rings is 1. The number of nitrogens with zero attached hydrogens (tertiary/aromatic N) is 1. The first kappa shape index (κ1) is 21.9. The van der Waals surface area contributed by atoms with Gasteiger partial charge in [0.1, 0.15) is 12.1 Å². The predicted octanol–water partition coefficient (Wildman–Crippen LogP) is 0.621. The number of amides is 6. The van der Waals surface area contributed by atoms with E-state index in [2.05, 4.69) is 10.6 Å². The van der Waals surface area contributed by atoms with Crippen molar-refractivity contribution in [2.75, 3.05) is 13.2 Å². The lowest BCUT2D eigenvalue weighted by Crippen LogP contribution is -2.49. The molecule has 1 aromatic rings. The van der Waals surface area contributed by atoms with Gasteiger partial charge in [0.2, 0.25) is 0 Å². The molecule has 1 aromatic carbocycles. The van der Waals surface area contributed by atoms with Crippen molar-refractivity contribution in [3.05, 3.63) is 35.9 Å². The van der Waals surface area contributed by atoms with E-state index in [0.29, 0.717) is 5.56 Å². The monoisotopic (exact) mass is 404 g/mol. The molecular weight excluding hydrogens is 380 g/mol. The van der Waals surface area contributed by atoms with Crippen molar-refractivity contribution in [3.8, 4) is 0 Å². The molecule has 1 atom stereocenters. The molecule has 1 aliphatic heterocycles. The van der Waals surface area contributed by atoms with Gasteiger partial charge in [-0.05, 0) is 33.3 Å². The van der Waals surface area contributed by atoms with Crippen molar-refractivity contribution < 1.29 is 28.7 Å². The highest BCUT2D eigenvalue weighted by molar-refractivity contribution is 6.09. The fourth-order valence-corrected chi connectivity index (χ4v) is 2.66. The van der Waals surface area contributed by atoms with Crippen molar-refractivity contribution in [1.82, 2.24) is 20.9 Å². The average Bonchev–Trinajstić information content (AvgIpc) is 2.83. The maximum Gasteiger partial charge on any atom is 0.326 e. The highest BCUT2D eigenvalue weighted by atomic mass is 16.5. The normalized spacial score (nSPS) is 18.8. The minimum atomic E-state index is -1.30. The molecule has 29 heavy (non-hydrogen) atoms. The first-order valence-corrected chi connectivity index (χ1v) is 8.89. The van der Waals surface area contributed by atoms with Crippen LogP contribution in [0.1, 0.15) is 33.3 Å². The molecule has 156 valence electrons. The summed E-state index contributed by atoms with van der Waals surface area (Å²) in [5, 5.41) is 7.09. The van der Waals surface area contributed by atoms with Gasteiger partial charge in [0.15, 0.2) is 6.61 Å². The predicted molar refractivity (Wildman–Crippen MR) is 101 cm³/mol. The summed E-state index contributed by atoms with van der Waals surface area (Å²) >= 11 is 0. The topological polar surface area (TPSA) is 134 Å². The van der Waals surface area contributed by atoms with Crippen LogP contribution in [-0.4, -0.2) is 53.4 Å². The Bertz CT molecular complexity index is 833. The molecule has 0 aromatic heterocycles. The molecule has 0 radical (unpaired) electrons. The fourth-order valence-electron chi connectivity index (χ4n) is 2.66. The summed E-state index contributed by atoms with van der Waals surface area (Å²) in [4.78, 5) is 60.9. The summed E-state index contributed by atoms with van der Waals surface area (Å²) in [6.45, 7) is 5.36. The zero-order valence-electron chi connectivity index (χ0n) is 16.7. The number of urea groups is 2. The van der Waals surface area contributed by atoms with Crippen LogP contribution in [0.25, 0.3) is 0 Å². The minimum absolute atomic E-state index is 0.546. The SMILES string of the molecule is CC(C)(C)NC(=O)NC(=O)COC(=O)CN1C(=O)N[C@@](C)(c2ccccc2)C1=O. The standard InChI is InChI=1S/C19H24N4O6/c1-18(2,3)21-16(27)20-13(24)11-29-14(25)10-23-15(26)19(4,22-17(23)28)12-8-6-5-7-9-12/h5-9H,10-11H2,1-4H3,(H,22,28)(H2,20,21,24,27)/t19-/m0/s1. The first-order chi connectivity index (χ1) is 13.4. The Morgan fingerprint density at radius 1 is 1.14 bits per heavy atom. The smallest absolute Gasteiger partial charge is 0.326 e. The molecule has 3 N–H and O–H groups in total. The van der Waals surface area contributed by atoms with E-state index in [1.165, 1.54) is 6.92 Å². The van der Waals surface area contributed by atoms with Crippen LogP contribution in [0.4, 0.5) is 9.59 Å². The number of hydrogen-bond donors (Lipinski definition) is 3. The van der Waals surface area contributed by atoms with Crippen LogP contribution in [0.2, 0.25) is 0 Å². The third kappa shape index (κ3) is 5.53. The summed E-state index contributed by atoms with van der Waals surface area (Å²) in [7, 11) is 0. The van der Waals surface area contributed by atoms with E-state index >= 15 is 0 Å². The number of carbonyl (C=O) groups is 5. The Kier molecular flexibility index (Phi) is 6.25. The maximum atomic E-state index is 12.7. The Morgan fingerprint density at radius 3 is 2.34 bits per heavy atom. The first-order valence-electron chi connectivity index (χ1n) is 8.89. The summed E-state index contributed by atoms with van der Waals surface area (Å²) in [6.07, 6.45) is 0. The second-order valence-corrected chi connectivity index (χ2v) is 7.73. The van der Waals surface area contributed by atoms with E-state index in [1.807, 2.05) is 5.32 Å². The molecule has 0 saturated carbocycles. The van der Waals surface area contributed by atoms with Gasteiger partial charge < -0.3 is 15.4 Å². The third-order valence-corrected chi connectivity index (χ3v) is 4.02. The number of hydrogen-bond acceptors (Lipinski definition) is 6. The Hall–Kier alpha value is -3.43. The van der Waals surface area contributed by atoms with E-state index in [1.54, 1.807) is 51.1 Å². The summed E-state index contributed by atoms with van der Waals surface area (Å²) in [6, 6.07) is 7.13. The maximum absolute atomic E-state index is 12.7. The lowest BCUT2D eigenvalue weighted by molar-refractivity contribution is -0.150. The Labute approximate surface area is 168 Å². The molecule has 0 unspecified atom stereocenters. The lowest BCUT2D eigenvalue weighted by Gasteiger charge is -2.22. The minimum Gasteiger partial charge on any atom is -0.454 e. The average molecular weight is 404 g/mol. The van der Waals surface area contributed by atoms with Crippen molar-refractivity contribution in [2.45, 2.75) is 38.8 Å². The van der Waals surface area contributed by atoms with Crippen molar-refractivity contribution >= 4 is 29.8 Å². The van der Waals surface area contributed by atoms with Gasteiger partial charge in [-0.2, -0.15) is 0 Å². The molecule has 2 rings (SSSR count). The number of ether oxygens (including phenoxy) is 1. The number of imide groups is 2. The van der Waals surface area contributed by atoms with Gasteiger partial charge in [-0.3, -0.25) is 24.6 Å². The quantitative estimate of drug-likeness (QED) is 0.487. The van der Waals surface area contributed by atoms with E-state index in [9.17, 15) is 24.0 Å². The molecule has 0 bridgehead atoms. The lowest BCUT2D eigenvalue weighted by atomic mass is 9.92.